The molecule has 0 saturated heterocycles. The van der Waals surface area contributed by atoms with Crippen LogP contribution in [0.4, 0.5) is 11.4 Å². The molecule has 2 rings (SSSR count). The van der Waals surface area contributed by atoms with Crippen LogP contribution in [-0.2, 0) is 0 Å². The van der Waals surface area contributed by atoms with Crippen molar-refractivity contribution in [2.75, 3.05) is 10.6 Å². The molecule has 1 aromatic carbocycles. The zero-order valence-electron chi connectivity index (χ0n) is 9.83. The molecule has 19 heavy (non-hydrogen) atoms. The summed E-state index contributed by atoms with van der Waals surface area (Å²) in [7, 11) is 0. The zero-order valence-corrected chi connectivity index (χ0v) is 11.5. The van der Waals surface area contributed by atoms with Gasteiger partial charge in [0.1, 0.15) is 5.40 Å². The van der Waals surface area contributed by atoms with E-state index in [1.165, 1.54) is 0 Å². The van der Waals surface area contributed by atoms with Gasteiger partial charge in [0.15, 0.2) is 5.11 Å². The molecule has 4 nitrogen and oxygen atoms in total. The summed E-state index contributed by atoms with van der Waals surface area (Å²) in [5, 5.41) is 17.2. The number of rotatable bonds is 3. The van der Waals surface area contributed by atoms with E-state index in [9.17, 15) is 0 Å². The summed E-state index contributed by atoms with van der Waals surface area (Å²) in [6, 6.07) is 11.2. The molecular formula is C13H10N4S2. The Labute approximate surface area is 120 Å². The van der Waals surface area contributed by atoms with Crippen LogP contribution in [0.1, 0.15) is 0 Å². The first kappa shape index (κ1) is 13.3. The van der Waals surface area contributed by atoms with Gasteiger partial charge in [0.2, 0.25) is 0 Å². The Morgan fingerprint density at radius 2 is 1.89 bits per heavy atom. The molecule has 0 aliphatic heterocycles. The highest BCUT2D eigenvalue weighted by Gasteiger charge is 1.99. The minimum absolute atomic E-state index is 0.494. The fourth-order valence-corrected chi connectivity index (χ4v) is 2.00. The molecule has 0 amide bonds. The Morgan fingerprint density at radius 3 is 2.53 bits per heavy atom. The second-order valence-corrected chi connectivity index (χ2v) is 4.80. The Bertz CT molecular complexity index is 590. The molecule has 0 saturated carbocycles. The van der Waals surface area contributed by atoms with Crippen molar-refractivity contribution in [3.05, 3.63) is 48.8 Å². The molecule has 2 N–H and O–H groups in total. The number of thioether (sulfide) groups is 1. The number of benzene rings is 1. The van der Waals surface area contributed by atoms with Gasteiger partial charge < -0.3 is 10.6 Å². The van der Waals surface area contributed by atoms with Crippen molar-refractivity contribution >= 4 is 40.5 Å². The van der Waals surface area contributed by atoms with Crippen LogP contribution in [0.5, 0.6) is 0 Å². The number of aromatic nitrogens is 1. The van der Waals surface area contributed by atoms with Gasteiger partial charge in [-0.1, -0.05) is 0 Å². The Kier molecular flexibility index (Phi) is 4.72. The highest BCUT2D eigenvalue weighted by molar-refractivity contribution is 8.03. The number of nitrogens with one attached hydrogen (secondary N) is 2. The maximum atomic E-state index is 8.56. The van der Waals surface area contributed by atoms with Gasteiger partial charge in [-0.15, -0.1) is 0 Å². The predicted octanol–water partition coefficient (Wildman–Crippen LogP) is 3.46. The zero-order chi connectivity index (χ0) is 13.5. The van der Waals surface area contributed by atoms with Gasteiger partial charge in [0, 0.05) is 16.8 Å². The third-order valence-corrected chi connectivity index (χ3v) is 3.00. The lowest BCUT2D eigenvalue weighted by Crippen LogP contribution is -2.18. The maximum Gasteiger partial charge on any atom is 0.175 e. The van der Waals surface area contributed by atoms with Crippen LogP contribution in [0.15, 0.2) is 53.7 Å². The van der Waals surface area contributed by atoms with Gasteiger partial charge >= 0.3 is 0 Å². The fraction of sp³-hybridized carbons (Fsp3) is 0. The molecule has 6 heteroatoms. The smallest absolute Gasteiger partial charge is 0.175 e. The molecule has 94 valence electrons. The van der Waals surface area contributed by atoms with Gasteiger partial charge in [0.25, 0.3) is 0 Å². The first-order valence-electron chi connectivity index (χ1n) is 5.42. The summed E-state index contributed by atoms with van der Waals surface area (Å²) < 4.78 is 0. The topological polar surface area (TPSA) is 60.7 Å². The standard InChI is InChI=1S/C13H10N4S2/c14-9-19-12-5-3-10(4-6-12)16-13(18)17-11-2-1-7-15-8-11/h1-8H,(H2,16,17,18). The molecule has 0 bridgehead atoms. The Hall–Kier alpha value is -2.10. The molecule has 1 heterocycles. The van der Waals surface area contributed by atoms with Gasteiger partial charge in [-0.05, 0) is 60.4 Å². The van der Waals surface area contributed by atoms with E-state index in [0.29, 0.717) is 5.11 Å². The SMILES string of the molecule is N#CSc1ccc(NC(=S)Nc2cccnc2)cc1. The largest absolute Gasteiger partial charge is 0.332 e. The minimum atomic E-state index is 0.494. The summed E-state index contributed by atoms with van der Waals surface area (Å²) in [4.78, 5) is 4.90. The van der Waals surface area contributed by atoms with Crippen LogP contribution in [0.25, 0.3) is 0 Å². The first-order valence-corrected chi connectivity index (χ1v) is 6.64. The van der Waals surface area contributed by atoms with E-state index in [0.717, 1.165) is 28.0 Å². The van der Waals surface area contributed by atoms with Crippen molar-refractivity contribution in [1.82, 2.24) is 4.98 Å². The van der Waals surface area contributed by atoms with Crippen molar-refractivity contribution < 1.29 is 0 Å². The quantitative estimate of drug-likeness (QED) is 0.512. The third-order valence-electron chi connectivity index (χ3n) is 2.20. The van der Waals surface area contributed by atoms with E-state index in [-0.39, 0.29) is 0 Å². The number of pyridine rings is 1. The van der Waals surface area contributed by atoms with Crippen LogP contribution >= 0.6 is 24.0 Å². The van der Waals surface area contributed by atoms with E-state index < -0.39 is 0 Å². The Balaban J connectivity index is 1.94. The maximum absolute atomic E-state index is 8.56. The van der Waals surface area contributed by atoms with E-state index in [4.69, 9.17) is 17.5 Å². The number of thiocyanates is 1. The second-order valence-electron chi connectivity index (χ2n) is 3.54. The minimum Gasteiger partial charge on any atom is -0.332 e. The highest BCUT2D eigenvalue weighted by atomic mass is 32.2. The summed E-state index contributed by atoms with van der Waals surface area (Å²) in [6.45, 7) is 0. The molecule has 0 aliphatic rings. The van der Waals surface area contributed by atoms with Crippen LogP contribution in [0.2, 0.25) is 0 Å². The molecule has 1 aromatic heterocycles. The molecule has 0 unspecified atom stereocenters. The lowest BCUT2D eigenvalue weighted by atomic mass is 10.3. The number of thiocarbonyl (C=S) groups is 1. The average Bonchev–Trinajstić information content (AvgIpc) is 2.42. The van der Waals surface area contributed by atoms with Crippen LogP contribution in [0, 0.1) is 10.7 Å². The normalized spacial score (nSPS) is 9.42. The van der Waals surface area contributed by atoms with Crippen LogP contribution in [0.3, 0.4) is 0 Å². The summed E-state index contributed by atoms with van der Waals surface area (Å²) in [5.41, 5.74) is 1.69. The predicted molar refractivity (Wildman–Crippen MR) is 82.0 cm³/mol. The van der Waals surface area contributed by atoms with Crippen molar-refractivity contribution in [3.63, 3.8) is 0 Å². The van der Waals surface area contributed by atoms with Crippen molar-refractivity contribution in [2.24, 2.45) is 0 Å². The van der Waals surface area contributed by atoms with Crippen molar-refractivity contribution in [1.29, 1.82) is 5.26 Å². The van der Waals surface area contributed by atoms with Crippen LogP contribution < -0.4 is 10.6 Å². The summed E-state index contributed by atoms with van der Waals surface area (Å²) in [5.74, 6) is 0. The van der Waals surface area contributed by atoms with Crippen molar-refractivity contribution in [3.8, 4) is 5.40 Å². The van der Waals surface area contributed by atoms with E-state index in [1.54, 1.807) is 12.4 Å². The van der Waals surface area contributed by atoms with Gasteiger partial charge in [-0.3, -0.25) is 4.98 Å². The number of nitriles is 1. The highest BCUT2D eigenvalue weighted by Crippen LogP contribution is 2.19. The van der Waals surface area contributed by atoms with Crippen LogP contribution in [-0.4, -0.2) is 10.1 Å². The van der Waals surface area contributed by atoms with E-state index >= 15 is 0 Å². The average molecular weight is 286 g/mol. The number of anilines is 2. The van der Waals surface area contributed by atoms with Crippen molar-refractivity contribution in [2.45, 2.75) is 4.90 Å². The third kappa shape index (κ3) is 4.25. The Morgan fingerprint density at radius 1 is 1.16 bits per heavy atom. The van der Waals surface area contributed by atoms with Gasteiger partial charge in [0.05, 0.1) is 11.9 Å². The summed E-state index contributed by atoms with van der Waals surface area (Å²) >= 11 is 6.32. The summed E-state index contributed by atoms with van der Waals surface area (Å²) in [6.07, 6.45) is 3.40. The fourth-order valence-electron chi connectivity index (χ4n) is 1.39. The van der Waals surface area contributed by atoms with Gasteiger partial charge in [-0.25, -0.2) is 0 Å². The lowest BCUT2D eigenvalue weighted by Gasteiger charge is -2.10. The molecular weight excluding hydrogens is 276 g/mol. The van der Waals surface area contributed by atoms with E-state index in [2.05, 4.69) is 15.6 Å². The molecule has 0 fully saturated rings. The number of nitrogens with zero attached hydrogens (tertiary/aromatic N) is 2. The number of hydrogen-bond donors (Lipinski definition) is 2. The van der Waals surface area contributed by atoms with Gasteiger partial charge in [-0.2, -0.15) is 5.26 Å². The second kappa shape index (κ2) is 6.73. The molecule has 0 aliphatic carbocycles. The lowest BCUT2D eigenvalue weighted by molar-refractivity contribution is 1.33. The first-order chi connectivity index (χ1) is 9.28. The molecule has 0 atom stereocenters. The monoisotopic (exact) mass is 286 g/mol. The van der Waals surface area contributed by atoms with E-state index in [1.807, 2.05) is 41.8 Å². The molecule has 0 radical (unpaired) electrons. The molecule has 2 aromatic rings. The molecule has 0 spiro atoms. The number of hydrogen-bond acceptors (Lipinski definition) is 4.